The number of ether oxygens (including phenoxy) is 1. The van der Waals surface area contributed by atoms with Gasteiger partial charge >= 0.3 is 0 Å². The molecule has 2 aliphatic rings. The number of benzene rings is 3. The molecule has 5 nitrogen and oxygen atoms in total. The van der Waals surface area contributed by atoms with Gasteiger partial charge in [-0.25, -0.2) is 0 Å². The summed E-state index contributed by atoms with van der Waals surface area (Å²) in [4.78, 5) is 4.11. The second-order valence-corrected chi connectivity index (χ2v) is 8.06. The number of hydrogen-bond donors (Lipinski definition) is 2. The topological polar surface area (TPSA) is 48.0 Å². The van der Waals surface area contributed by atoms with Gasteiger partial charge in [0.2, 0.25) is 0 Å². The first kappa shape index (κ1) is 19.0. The maximum atomic E-state index is 11.5. The maximum Gasteiger partial charge on any atom is 0.161 e. The van der Waals surface area contributed by atoms with Crippen LogP contribution in [0.3, 0.4) is 0 Å². The van der Waals surface area contributed by atoms with Crippen LogP contribution >= 0.6 is 23.2 Å². The van der Waals surface area contributed by atoms with Gasteiger partial charge in [0.25, 0.3) is 0 Å². The number of aliphatic hydroxyl groups excluding tert-OH is 1. The van der Waals surface area contributed by atoms with Crippen molar-refractivity contribution >= 4 is 40.3 Å². The summed E-state index contributed by atoms with van der Waals surface area (Å²) in [5, 5.41) is 15.9. The Morgan fingerprint density at radius 3 is 2.47 bits per heavy atom. The zero-order valence-corrected chi connectivity index (χ0v) is 17.7. The normalized spacial score (nSPS) is 17.5. The van der Waals surface area contributed by atoms with Crippen LogP contribution in [0.1, 0.15) is 11.6 Å². The van der Waals surface area contributed by atoms with E-state index < -0.39 is 6.04 Å². The number of halogens is 2. The van der Waals surface area contributed by atoms with Gasteiger partial charge in [-0.3, -0.25) is 0 Å². The third-order valence-corrected chi connectivity index (χ3v) is 5.87. The van der Waals surface area contributed by atoms with Crippen molar-refractivity contribution in [2.45, 2.75) is 6.04 Å². The molecule has 0 radical (unpaired) electrons. The van der Waals surface area contributed by atoms with E-state index in [9.17, 15) is 5.11 Å². The van der Waals surface area contributed by atoms with Crippen LogP contribution in [0.4, 0.5) is 17.1 Å². The first-order valence-corrected chi connectivity index (χ1v) is 10.2. The molecule has 0 bridgehead atoms. The van der Waals surface area contributed by atoms with E-state index in [1.807, 2.05) is 65.6 Å². The van der Waals surface area contributed by atoms with Crippen LogP contribution in [0.15, 0.2) is 78.3 Å². The number of nitrogens with zero attached hydrogens (tertiary/aromatic N) is 2. The molecule has 0 saturated carbocycles. The van der Waals surface area contributed by atoms with E-state index in [2.05, 4.69) is 10.2 Å². The van der Waals surface area contributed by atoms with E-state index in [4.69, 9.17) is 27.9 Å². The summed E-state index contributed by atoms with van der Waals surface area (Å²) in [6, 6.07) is 20.6. The fourth-order valence-corrected chi connectivity index (χ4v) is 4.65. The zero-order chi connectivity index (χ0) is 20.8. The molecule has 0 unspecified atom stereocenters. The number of rotatable bonds is 3. The van der Waals surface area contributed by atoms with Crippen molar-refractivity contribution in [3.05, 3.63) is 93.9 Å². The fourth-order valence-electron chi connectivity index (χ4n) is 4.13. The van der Waals surface area contributed by atoms with Crippen LogP contribution in [0, 0.1) is 0 Å². The third kappa shape index (κ3) is 3.02. The zero-order valence-electron chi connectivity index (χ0n) is 16.1. The lowest BCUT2D eigenvalue weighted by atomic mass is 9.99. The second-order valence-electron chi connectivity index (χ2n) is 7.19. The molecule has 2 aliphatic heterocycles. The molecule has 7 heteroatoms. The standard InChI is InChI=1S/C23H19Cl2N3O2/c1-30-20-9-5-2-6-17(20)21-22(29)23-26-18-7-3-4-8-19(18)28(23)13-27(21)16-11-14(24)10-15(25)12-16/h2-12,21,26,29H,13H2,1H3/t21-/m1/s1. The van der Waals surface area contributed by atoms with Crippen molar-refractivity contribution in [2.24, 2.45) is 0 Å². The molecule has 0 aromatic heterocycles. The summed E-state index contributed by atoms with van der Waals surface area (Å²) in [6.45, 7) is 0.489. The molecule has 5 rings (SSSR count). The lowest BCUT2D eigenvalue weighted by Crippen LogP contribution is -2.46. The smallest absolute Gasteiger partial charge is 0.161 e. The molecule has 2 heterocycles. The minimum atomic E-state index is -0.483. The molecule has 30 heavy (non-hydrogen) atoms. The summed E-state index contributed by atoms with van der Waals surface area (Å²) < 4.78 is 5.61. The number of para-hydroxylation sites is 3. The Bertz CT molecular complexity index is 1140. The van der Waals surface area contributed by atoms with Crippen LogP contribution in [-0.4, -0.2) is 18.9 Å². The van der Waals surface area contributed by atoms with Crippen molar-refractivity contribution in [2.75, 3.05) is 28.9 Å². The molecule has 1 atom stereocenters. The number of fused-ring (bicyclic) bond motifs is 3. The predicted octanol–water partition coefficient (Wildman–Crippen LogP) is 6.18. The van der Waals surface area contributed by atoms with E-state index in [1.54, 1.807) is 13.2 Å². The number of anilines is 3. The van der Waals surface area contributed by atoms with Crippen LogP contribution in [-0.2, 0) is 0 Å². The molecule has 0 spiro atoms. The third-order valence-electron chi connectivity index (χ3n) is 5.44. The Balaban J connectivity index is 1.71. The highest BCUT2D eigenvalue weighted by atomic mass is 35.5. The van der Waals surface area contributed by atoms with Gasteiger partial charge in [0.15, 0.2) is 11.6 Å². The molecule has 0 fully saturated rings. The highest BCUT2D eigenvalue weighted by Crippen LogP contribution is 2.47. The lowest BCUT2D eigenvalue weighted by molar-refractivity contribution is 0.334. The number of hydrogen-bond acceptors (Lipinski definition) is 5. The maximum absolute atomic E-state index is 11.5. The van der Waals surface area contributed by atoms with Gasteiger partial charge in [0.1, 0.15) is 11.8 Å². The van der Waals surface area contributed by atoms with Crippen LogP contribution in [0.25, 0.3) is 0 Å². The van der Waals surface area contributed by atoms with Gasteiger partial charge in [-0.1, -0.05) is 53.5 Å². The van der Waals surface area contributed by atoms with Crippen LogP contribution in [0.2, 0.25) is 10.0 Å². The van der Waals surface area contributed by atoms with Crippen molar-refractivity contribution in [3.8, 4) is 5.75 Å². The minimum absolute atomic E-state index is 0.193. The fraction of sp³-hybridized carbons (Fsp3) is 0.130. The molecular formula is C23H19Cl2N3O2. The summed E-state index contributed by atoms with van der Waals surface area (Å²) >= 11 is 12.6. The number of methoxy groups -OCH3 is 1. The van der Waals surface area contributed by atoms with Gasteiger partial charge in [0, 0.05) is 21.3 Å². The first-order chi connectivity index (χ1) is 14.6. The van der Waals surface area contributed by atoms with Crippen molar-refractivity contribution in [1.29, 1.82) is 0 Å². The highest BCUT2D eigenvalue weighted by molar-refractivity contribution is 6.35. The minimum Gasteiger partial charge on any atom is -0.506 e. The van der Waals surface area contributed by atoms with E-state index in [1.165, 1.54) is 0 Å². The van der Waals surface area contributed by atoms with E-state index in [-0.39, 0.29) is 5.76 Å². The molecule has 152 valence electrons. The largest absolute Gasteiger partial charge is 0.506 e. The summed E-state index contributed by atoms with van der Waals surface area (Å²) in [7, 11) is 1.63. The van der Waals surface area contributed by atoms with Crippen molar-refractivity contribution < 1.29 is 9.84 Å². The SMILES string of the molecule is COc1ccccc1[C@@H]1C(O)=C2Nc3ccccc3N2CN1c1cc(Cl)cc(Cl)c1. The second kappa shape index (κ2) is 7.35. The highest BCUT2D eigenvalue weighted by Gasteiger charge is 2.40. The Labute approximate surface area is 184 Å². The first-order valence-electron chi connectivity index (χ1n) is 9.49. The van der Waals surface area contributed by atoms with E-state index >= 15 is 0 Å². The Kier molecular flexibility index (Phi) is 4.65. The molecule has 0 aliphatic carbocycles. The lowest BCUT2D eigenvalue weighted by Gasteiger charge is -2.42. The molecule has 2 N–H and O–H groups in total. The molecule has 3 aromatic carbocycles. The average Bonchev–Trinajstić information content (AvgIpc) is 3.12. The van der Waals surface area contributed by atoms with Gasteiger partial charge in [-0.2, -0.15) is 0 Å². The summed E-state index contributed by atoms with van der Waals surface area (Å²) in [6.07, 6.45) is 0. The van der Waals surface area contributed by atoms with E-state index in [0.717, 1.165) is 22.6 Å². The van der Waals surface area contributed by atoms with Crippen LogP contribution in [0.5, 0.6) is 5.75 Å². The van der Waals surface area contributed by atoms with Crippen molar-refractivity contribution in [1.82, 2.24) is 0 Å². The van der Waals surface area contributed by atoms with Gasteiger partial charge < -0.3 is 25.0 Å². The van der Waals surface area contributed by atoms with Gasteiger partial charge in [-0.05, 0) is 36.4 Å². The Morgan fingerprint density at radius 2 is 1.70 bits per heavy atom. The van der Waals surface area contributed by atoms with E-state index in [0.29, 0.717) is 28.3 Å². The van der Waals surface area contributed by atoms with Crippen LogP contribution < -0.4 is 19.9 Å². The Morgan fingerprint density at radius 1 is 1.00 bits per heavy atom. The van der Waals surface area contributed by atoms with Gasteiger partial charge in [0.05, 0.1) is 25.2 Å². The molecule has 0 saturated heterocycles. The Hall–Kier alpha value is -3.02. The summed E-state index contributed by atoms with van der Waals surface area (Å²) in [5.74, 6) is 1.55. The summed E-state index contributed by atoms with van der Waals surface area (Å²) in [5.41, 5.74) is 3.59. The predicted molar refractivity (Wildman–Crippen MR) is 122 cm³/mol. The average molecular weight is 440 g/mol. The molecular weight excluding hydrogens is 421 g/mol. The molecule has 0 amide bonds. The monoisotopic (exact) mass is 439 g/mol. The van der Waals surface area contributed by atoms with Crippen molar-refractivity contribution in [3.63, 3.8) is 0 Å². The van der Waals surface area contributed by atoms with Gasteiger partial charge in [-0.15, -0.1) is 0 Å². The number of aliphatic hydroxyl groups is 1. The number of nitrogens with one attached hydrogen (secondary N) is 1. The molecule has 3 aromatic rings. The quantitative estimate of drug-likeness (QED) is 0.510.